The standard InChI is InChI=1S/C23H30O5/c1-14-12-15(2)19(16(3)13-14)20(24)21(22(25)28-23(4,5)6)27-18-11-9-8-10-17(18)26-7/h8-13,20-21,24H,1-7H3/t20-,21+/m0/s1. The van der Waals surface area contributed by atoms with Crippen molar-refractivity contribution < 1.29 is 24.1 Å². The summed E-state index contributed by atoms with van der Waals surface area (Å²) >= 11 is 0. The number of aliphatic hydroxyl groups is 1. The van der Waals surface area contributed by atoms with Crippen LogP contribution in [0.1, 0.15) is 49.1 Å². The lowest BCUT2D eigenvalue weighted by Gasteiger charge is -2.29. The van der Waals surface area contributed by atoms with Gasteiger partial charge in [0.1, 0.15) is 11.7 Å². The van der Waals surface area contributed by atoms with E-state index < -0.39 is 23.8 Å². The van der Waals surface area contributed by atoms with Gasteiger partial charge in [-0.3, -0.25) is 0 Å². The summed E-state index contributed by atoms with van der Waals surface area (Å²) in [5.74, 6) is 0.202. The molecule has 0 saturated heterocycles. The minimum absolute atomic E-state index is 0.363. The van der Waals surface area contributed by atoms with Crippen LogP contribution in [-0.2, 0) is 9.53 Å². The van der Waals surface area contributed by atoms with Gasteiger partial charge in [-0.25, -0.2) is 4.79 Å². The molecule has 0 heterocycles. The Hall–Kier alpha value is -2.53. The molecule has 1 N–H and O–H groups in total. The maximum absolute atomic E-state index is 12.9. The van der Waals surface area contributed by atoms with Gasteiger partial charge in [0.05, 0.1) is 7.11 Å². The molecule has 0 unspecified atom stereocenters. The van der Waals surface area contributed by atoms with Gasteiger partial charge in [-0.15, -0.1) is 0 Å². The summed E-state index contributed by atoms with van der Waals surface area (Å²) in [5.41, 5.74) is 2.82. The Bertz CT molecular complexity index is 812. The highest BCUT2D eigenvalue weighted by Gasteiger charge is 2.36. The second-order valence-corrected chi connectivity index (χ2v) is 7.98. The van der Waals surface area contributed by atoms with Crippen LogP contribution in [0.2, 0.25) is 0 Å². The third-order valence-corrected chi connectivity index (χ3v) is 4.28. The van der Waals surface area contributed by atoms with E-state index in [1.54, 1.807) is 45.0 Å². The van der Waals surface area contributed by atoms with Crippen molar-refractivity contribution in [3.8, 4) is 11.5 Å². The Morgan fingerprint density at radius 1 is 1.00 bits per heavy atom. The smallest absolute Gasteiger partial charge is 0.351 e. The van der Waals surface area contributed by atoms with E-state index in [-0.39, 0.29) is 0 Å². The first-order chi connectivity index (χ1) is 13.0. The Kier molecular flexibility index (Phi) is 6.73. The highest BCUT2D eigenvalue weighted by molar-refractivity contribution is 5.77. The fourth-order valence-corrected chi connectivity index (χ4v) is 3.26. The molecule has 0 saturated carbocycles. The van der Waals surface area contributed by atoms with Gasteiger partial charge in [0, 0.05) is 0 Å². The maximum Gasteiger partial charge on any atom is 0.351 e. The van der Waals surface area contributed by atoms with E-state index in [9.17, 15) is 9.90 Å². The summed E-state index contributed by atoms with van der Waals surface area (Å²) in [5, 5.41) is 11.2. The molecule has 0 spiro atoms. The van der Waals surface area contributed by atoms with Crippen LogP contribution >= 0.6 is 0 Å². The van der Waals surface area contributed by atoms with Crippen LogP contribution in [0.4, 0.5) is 0 Å². The van der Waals surface area contributed by atoms with Crippen molar-refractivity contribution in [2.24, 2.45) is 0 Å². The highest BCUT2D eigenvalue weighted by Crippen LogP contribution is 2.33. The molecule has 0 aliphatic heterocycles. The predicted molar refractivity (Wildman–Crippen MR) is 109 cm³/mol. The molecule has 5 nitrogen and oxygen atoms in total. The second-order valence-electron chi connectivity index (χ2n) is 7.98. The minimum Gasteiger partial charge on any atom is -0.493 e. The lowest BCUT2D eigenvalue weighted by molar-refractivity contribution is -0.169. The molecular weight excluding hydrogens is 356 g/mol. The zero-order valence-corrected chi connectivity index (χ0v) is 17.7. The van der Waals surface area contributed by atoms with E-state index >= 15 is 0 Å². The van der Waals surface area contributed by atoms with Crippen molar-refractivity contribution in [3.05, 3.63) is 58.7 Å². The Morgan fingerprint density at radius 3 is 2.04 bits per heavy atom. The first-order valence-electron chi connectivity index (χ1n) is 9.32. The second kappa shape index (κ2) is 8.65. The zero-order valence-electron chi connectivity index (χ0n) is 17.7. The van der Waals surface area contributed by atoms with Gasteiger partial charge in [-0.1, -0.05) is 29.8 Å². The van der Waals surface area contributed by atoms with Gasteiger partial charge in [0.15, 0.2) is 11.5 Å². The average molecular weight is 386 g/mol. The zero-order chi connectivity index (χ0) is 21.1. The molecule has 0 aliphatic carbocycles. The van der Waals surface area contributed by atoms with Crippen LogP contribution in [0, 0.1) is 20.8 Å². The van der Waals surface area contributed by atoms with Gasteiger partial charge in [0.25, 0.3) is 0 Å². The molecule has 2 aromatic carbocycles. The molecule has 0 aliphatic rings. The predicted octanol–water partition coefficient (Wildman–Crippen LogP) is 4.44. The number of rotatable bonds is 6. The van der Waals surface area contributed by atoms with Crippen LogP contribution in [0.15, 0.2) is 36.4 Å². The number of ether oxygens (including phenoxy) is 3. The highest BCUT2D eigenvalue weighted by atomic mass is 16.6. The third-order valence-electron chi connectivity index (χ3n) is 4.28. The molecule has 2 aromatic rings. The minimum atomic E-state index is -1.24. The van der Waals surface area contributed by atoms with Crippen molar-refractivity contribution in [3.63, 3.8) is 0 Å². The van der Waals surface area contributed by atoms with Crippen LogP contribution in [0.5, 0.6) is 11.5 Å². The molecular formula is C23H30O5. The number of carbonyl (C=O) groups is 1. The van der Waals surface area contributed by atoms with Crippen LogP contribution < -0.4 is 9.47 Å². The number of esters is 1. The molecule has 0 aromatic heterocycles. The molecule has 2 atom stereocenters. The van der Waals surface area contributed by atoms with Gasteiger partial charge in [-0.05, 0) is 70.4 Å². The number of carbonyl (C=O) groups excluding carboxylic acids is 1. The molecule has 28 heavy (non-hydrogen) atoms. The van der Waals surface area contributed by atoms with Crippen molar-refractivity contribution in [2.75, 3.05) is 7.11 Å². The number of aliphatic hydroxyl groups excluding tert-OH is 1. The number of benzene rings is 2. The molecule has 2 rings (SSSR count). The van der Waals surface area contributed by atoms with Crippen molar-refractivity contribution in [1.29, 1.82) is 0 Å². The van der Waals surface area contributed by atoms with Gasteiger partial charge in [0.2, 0.25) is 6.10 Å². The van der Waals surface area contributed by atoms with Gasteiger partial charge in [-0.2, -0.15) is 0 Å². The third kappa shape index (κ3) is 5.26. The lowest BCUT2D eigenvalue weighted by Crippen LogP contribution is -2.40. The average Bonchev–Trinajstić information content (AvgIpc) is 2.57. The number of hydrogen-bond donors (Lipinski definition) is 1. The maximum atomic E-state index is 12.9. The fourth-order valence-electron chi connectivity index (χ4n) is 3.26. The first kappa shape index (κ1) is 21.8. The van der Waals surface area contributed by atoms with E-state index in [2.05, 4.69) is 0 Å². The fraction of sp³-hybridized carbons (Fsp3) is 0.435. The summed E-state index contributed by atoms with van der Waals surface area (Å²) in [7, 11) is 1.52. The Morgan fingerprint density at radius 2 is 1.54 bits per heavy atom. The van der Waals surface area contributed by atoms with E-state index in [0.717, 1.165) is 16.7 Å². The molecule has 152 valence electrons. The normalized spacial score (nSPS) is 13.6. The number of hydrogen-bond acceptors (Lipinski definition) is 5. The van der Waals surface area contributed by atoms with E-state index in [1.807, 2.05) is 32.9 Å². The largest absolute Gasteiger partial charge is 0.493 e. The summed E-state index contributed by atoms with van der Waals surface area (Å²) < 4.78 is 16.8. The Balaban J connectivity index is 2.47. The van der Waals surface area contributed by atoms with E-state index in [4.69, 9.17) is 14.2 Å². The summed E-state index contributed by atoms with van der Waals surface area (Å²) in [6, 6.07) is 11.0. The lowest BCUT2D eigenvalue weighted by atomic mass is 9.93. The van der Waals surface area contributed by atoms with Crippen LogP contribution in [0.3, 0.4) is 0 Å². The summed E-state index contributed by atoms with van der Waals surface area (Å²) in [4.78, 5) is 12.9. The van der Waals surface area contributed by atoms with Crippen molar-refractivity contribution in [2.45, 2.75) is 59.4 Å². The monoisotopic (exact) mass is 386 g/mol. The van der Waals surface area contributed by atoms with Crippen LogP contribution in [0.25, 0.3) is 0 Å². The molecule has 5 heteroatoms. The molecule has 0 radical (unpaired) electrons. The summed E-state index contributed by atoms with van der Waals surface area (Å²) in [6.45, 7) is 11.1. The SMILES string of the molecule is COc1ccccc1O[C@@H](C(=O)OC(C)(C)C)[C@@H](O)c1c(C)cc(C)cc1C. The van der Waals surface area contributed by atoms with Crippen molar-refractivity contribution >= 4 is 5.97 Å². The number of methoxy groups -OCH3 is 1. The number of aryl methyl sites for hydroxylation is 3. The van der Waals surface area contributed by atoms with Gasteiger partial charge >= 0.3 is 5.97 Å². The molecule has 0 bridgehead atoms. The topological polar surface area (TPSA) is 65.0 Å². The Labute approximate surface area is 167 Å². The summed E-state index contributed by atoms with van der Waals surface area (Å²) in [6.07, 6.45) is -2.43. The van der Waals surface area contributed by atoms with Gasteiger partial charge < -0.3 is 19.3 Å². The first-order valence-corrected chi connectivity index (χ1v) is 9.32. The molecule has 0 fully saturated rings. The van der Waals surface area contributed by atoms with E-state index in [1.165, 1.54) is 7.11 Å². The van der Waals surface area contributed by atoms with E-state index in [0.29, 0.717) is 17.1 Å². The molecule has 0 amide bonds. The van der Waals surface area contributed by atoms with Crippen LogP contribution in [-0.4, -0.2) is 29.9 Å². The number of para-hydroxylation sites is 2. The quantitative estimate of drug-likeness (QED) is 0.744. The van der Waals surface area contributed by atoms with Crippen molar-refractivity contribution in [1.82, 2.24) is 0 Å².